The van der Waals surface area contributed by atoms with Gasteiger partial charge in [-0.3, -0.25) is 4.79 Å². The summed E-state index contributed by atoms with van der Waals surface area (Å²) in [5, 5.41) is 0. The van der Waals surface area contributed by atoms with Gasteiger partial charge in [-0.25, -0.2) is 0 Å². The molecule has 0 bridgehead atoms. The molecule has 0 saturated carbocycles. The van der Waals surface area contributed by atoms with E-state index in [0.717, 1.165) is 16.9 Å². The predicted octanol–water partition coefficient (Wildman–Crippen LogP) is 2.69. The van der Waals surface area contributed by atoms with Crippen molar-refractivity contribution in [1.82, 2.24) is 0 Å². The van der Waals surface area contributed by atoms with E-state index in [1.165, 1.54) is 0 Å². The lowest BCUT2D eigenvalue weighted by atomic mass is 10.0. The number of hydrogen-bond donors (Lipinski definition) is 1. The quantitative estimate of drug-likeness (QED) is 0.878. The number of nitrogens with zero attached hydrogens (tertiary/aromatic N) is 2. The van der Waals surface area contributed by atoms with Crippen molar-refractivity contribution in [2.45, 2.75) is 19.4 Å². The van der Waals surface area contributed by atoms with Gasteiger partial charge >= 0.3 is 0 Å². The van der Waals surface area contributed by atoms with E-state index >= 15 is 0 Å². The molecule has 2 aromatic rings. The Morgan fingerprint density at radius 1 is 1.17 bits per heavy atom. The average molecular weight is 325 g/mol. The lowest BCUT2D eigenvalue weighted by Crippen LogP contribution is -2.46. The van der Waals surface area contributed by atoms with Crippen molar-refractivity contribution in [3.05, 3.63) is 48.0 Å². The van der Waals surface area contributed by atoms with Gasteiger partial charge < -0.3 is 20.3 Å². The zero-order valence-electron chi connectivity index (χ0n) is 14.3. The van der Waals surface area contributed by atoms with Crippen LogP contribution in [0.3, 0.4) is 0 Å². The summed E-state index contributed by atoms with van der Waals surface area (Å²) in [6.07, 6.45) is 0.0404. The minimum atomic E-state index is -0.508. The fourth-order valence-electron chi connectivity index (χ4n) is 2.94. The Bertz CT molecular complexity index is 741. The molecular weight excluding hydrogens is 302 g/mol. The molecule has 0 saturated heterocycles. The van der Waals surface area contributed by atoms with Crippen LogP contribution in [0.15, 0.2) is 42.5 Å². The van der Waals surface area contributed by atoms with Crippen molar-refractivity contribution in [3.8, 4) is 5.75 Å². The average Bonchev–Trinajstić information content (AvgIpc) is 2.56. The number of anilines is 3. The number of nitrogen functional groups attached to an aromatic ring is 1. The van der Waals surface area contributed by atoms with Crippen molar-refractivity contribution in [1.29, 1.82) is 0 Å². The van der Waals surface area contributed by atoms with Crippen molar-refractivity contribution >= 4 is 23.0 Å². The van der Waals surface area contributed by atoms with Crippen LogP contribution in [0, 0.1) is 0 Å². The van der Waals surface area contributed by atoms with E-state index in [0.29, 0.717) is 24.4 Å². The normalized spacial score (nSPS) is 16.5. The first kappa shape index (κ1) is 16.2. The third-order valence-electron chi connectivity index (χ3n) is 4.27. The van der Waals surface area contributed by atoms with Gasteiger partial charge in [0.05, 0.1) is 5.69 Å². The van der Waals surface area contributed by atoms with Crippen LogP contribution in [0.5, 0.6) is 5.75 Å². The molecule has 1 amide bonds. The van der Waals surface area contributed by atoms with Crippen LogP contribution in [-0.2, 0) is 11.2 Å². The largest absolute Gasteiger partial charge is 0.478 e. The lowest BCUT2D eigenvalue weighted by molar-refractivity contribution is -0.126. The summed E-state index contributed by atoms with van der Waals surface area (Å²) in [7, 11) is 4.01. The first-order chi connectivity index (χ1) is 11.5. The fraction of sp³-hybridized carbons (Fsp3) is 0.316. The number of benzene rings is 2. The number of nitrogens with two attached hydrogens (primary N) is 1. The predicted molar refractivity (Wildman–Crippen MR) is 97.8 cm³/mol. The number of amides is 1. The van der Waals surface area contributed by atoms with Gasteiger partial charge in [-0.1, -0.05) is 12.1 Å². The molecule has 1 aliphatic heterocycles. The second-order valence-corrected chi connectivity index (χ2v) is 6.18. The summed E-state index contributed by atoms with van der Waals surface area (Å²) in [6.45, 7) is 2.55. The molecule has 126 valence electrons. The molecule has 1 heterocycles. The maximum absolute atomic E-state index is 12.8. The van der Waals surface area contributed by atoms with Gasteiger partial charge in [0.15, 0.2) is 6.10 Å². The summed E-state index contributed by atoms with van der Waals surface area (Å²) in [4.78, 5) is 16.6. The molecule has 0 radical (unpaired) electrons. The van der Waals surface area contributed by atoms with Gasteiger partial charge in [-0.2, -0.15) is 0 Å². The third kappa shape index (κ3) is 3.02. The molecule has 0 fully saturated rings. The van der Waals surface area contributed by atoms with E-state index in [4.69, 9.17) is 10.5 Å². The molecule has 5 nitrogen and oxygen atoms in total. The van der Waals surface area contributed by atoms with Crippen molar-refractivity contribution in [2.75, 3.05) is 36.2 Å². The fourth-order valence-corrected chi connectivity index (χ4v) is 2.94. The van der Waals surface area contributed by atoms with E-state index in [2.05, 4.69) is 12.1 Å². The maximum Gasteiger partial charge on any atom is 0.268 e. The Morgan fingerprint density at radius 2 is 1.88 bits per heavy atom. The van der Waals surface area contributed by atoms with Crippen molar-refractivity contribution in [2.24, 2.45) is 0 Å². The molecule has 1 unspecified atom stereocenters. The molecule has 5 heteroatoms. The van der Waals surface area contributed by atoms with E-state index in [-0.39, 0.29) is 5.91 Å². The molecule has 0 aromatic heterocycles. The van der Waals surface area contributed by atoms with Crippen LogP contribution in [0.25, 0.3) is 0 Å². The van der Waals surface area contributed by atoms with Gasteiger partial charge in [-0.05, 0) is 42.8 Å². The minimum absolute atomic E-state index is 0.0210. The van der Waals surface area contributed by atoms with Gasteiger partial charge in [0.1, 0.15) is 5.75 Å². The number of rotatable bonds is 4. The Labute approximate surface area is 142 Å². The number of ether oxygens (including phenoxy) is 1. The third-order valence-corrected chi connectivity index (χ3v) is 4.27. The second kappa shape index (κ2) is 6.43. The second-order valence-electron chi connectivity index (χ2n) is 6.18. The topological polar surface area (TPSA) is 58.8 Å². The first-order valence-corrected chi connectivity index (χ1v) is 8.13. The number of carbonyl (C=O) groups excluding carboxylic acids is 1. The van der Waals surface area contributed by atoms with E-state index in [9.17, 15) is 4.79 Å². The summed E-state index contributed by atoms with van der Waals surface area (Å²) in [5.41, 5.74) is 9.43. The zero-order valence-corrected chi connectivity index (χ0v) is 14.3. The lowest BCUT2D eigenvalue weighted by Gasteiger charge is -2.34. The Hall–Kier alpha value is -2.69. The van der Waals surface area contributed by atoms with E-state index in [1.807, 2.05) is 44.1 Å². The Kier molecular flexibility index (Phi) is 4.34. The van der Waals surface area contributed by atoms with E-state index in [1.54, 1.807) is 17.0 Å². The highest BCUT2D eigenvalue weighted by Crippen LogP contribution is 2.36. The van der Waals surface area contributed by atoms with E-state index < -0.39 is 6.10 Å². The van der Waals surface area contributed by atoms with Crippen LogP contribution < -0.4 is 20.3 Å². The summed E-state index contributed by atoms with van der Waals surface area (Å²) in [6, 6.07) is 13.6. The summed E-state index contributed by atoms with van der Waals surface area (Å²) < 4.78 is 5.96. The zero-order chi connectivity index (χ0) is 17.3. The number of carbonyl (C=O) groups is 1. The number of likely N-dealkylation sites (N-methyl/N-ethyl adjacent to an activating group) is 1. The molecule has 3 rings (SSSR count). The molecule has 1 atom stereocenters. The monoisotopic (exact) mass is 325 g/mol. The molecule has 1 aliphatic rings. The highest BCUT2D eigenvalue weighted by atomic mass is 16.5. The first-order valence-electron chi connectivity index (χ1n) is 8.13. The molecular formula is C19H23N3O2. The molecule has 2 N–H and O–H groups in total. The van der Waals surface area contributed by atoms with Crippen molar-refractivity contribution < 1.29 is 9.53 Å². The minimum Gasteiger partial charge on any atom is -0.478 e. The number of hydrogen-bond acceptors (Lipinski definition) is 4. The smallest absolute Gasteiger partial charge is 0.268 e. The van der Waals surface area contributed by atoms with Crippen molar-refractivity contribution in [3.63, 3.8) is 0 Å². The Balaban J connectivity index is 1.84. The SMILES string of the molecule is CCN1C(=O)C(Cc2ccc(N(C)C)cc2)Oc2ccc(N)cc21. The van der Waals surface area contributed by atoms with Crippen LogP contribution in [0.2, 0.25) is 0 Å². The van der Waals surface area contributed by atoms with Gasteiger partial charge in [0, 0.05) is 38.4 Å². The number of fused-ring (bicyclic) bond motifs is 1. The molecule has 0 aliphatic carbocycles. The summed E-state index contributed by atoms with van der Waals surface area (Å²) in [5.74, 6) is 0.688. The molecule has 24 heavy (non-hydrogen) atoms. The van der Waals surface area contributed by atoms with Crippen LogP contribution in [0.4, 0.5) is 17.1 Å². The highest BCUT2D eigenvalue weighted by Gasteiger charge is 2.33. The molecule has 0 spiro atoms. The van der Waals surface area contributed by atoms with Crippen LogP contribution >= 0.6 is 0 Å². The maximum atomic E-state index is 12.8. The summed E-state index contributed by atoms with van der Waals surface area (Å²) >= 11 is 0. The molecule has 2 aromatic carbocycles. The Morgan fingerprint density at radius 3 is 2.50 bits per heavy atom. The van der Waals surface area contributed by atoms with Crippen LogP contribution in [0.1, 0.15) is 12.5 Å². The van der Waals surface area contributed by atoms with Gasteiger partial charge in [0.2, 0.25) is 0 Å². The van der Waals surface area contributed by atoms with Gasteiger partial charge in [0.25, 0.3) is 5.91 Å². The highest BCUT2D eigenvalue weighted by molar-refractivity contribution is 6.00. The standard InChI is InChI=1S/C19H23N3O2/c1-4-22-16-12-14(20)7-10-17(16)24-18(19(22)23)11-13-5-8-15(9-6-13)21(2)3/h5-10,12,18H,4,11,20H2,1-3H3. The van der Waals surface area contributed by atoms with Crippen LogP contribution in [-0.4, -0.2) is 32.7 Å². The van der Waals surface area contributed by atoms with Gasteiger partial charge in [-0.15, -0.1) is 0 Å².